The highest BCUT2D eigenvalue weighted by Gasteiger charge is 2.14. The van der Waals surface area contributed by atoms with E-state index in [2.05, 4.69) is 14.1 Å². The first-order valence-corrected chi connectivity index (χ1v) is 6.97. The lowest BCUT2D eigenvalue weighted by molar-refractivity contribution is -0.890. The lowest BCUT2D eigenvalue weighted by Gasteiger charge is -2.28. The highest BCUT2D eigenvalue weighted by Crippen LogP contribution is 2.07. The molecule has 0 saturated heterocycles. The summed E-state index contributed by atoms with van der Waals surface area (Å²) in [4.78, 5) is 20.7. The number of carboxylic acids is 1. The number of aliphatic hydroxyl groups excluding tert-OH is 1. The second-order valence-electron chi connectivity index (χ2n) is 5.49. The van der Waals surface area contributed by atoms with Gasteiger partial charge in [-0.2, -0.15) is 0 Å². The first-order valence-electron chi connectivity index (χ1n) is 6.97. The number of hydrogen-bond acceptors (Lipinski definition) is 4. The van der Waals surface area contributed by atoms with Crippen molar-refractivity contribution in [2.24, 2.45) is 0 Å². The van der Waals surface area contributed by atoms with Gasteiger partial charge in [-0.15, -0.1) is 0 Å². The van der Waals surface area contributed by atoms with Crippen LogP contribution in [-0.2, 0) is 4.79 Å². The molecule has 0 aromatic heterocycles. The molecular weight excluding hydrogens is 350 g/mol. The third-order valence-corrected chi connectivity index (χ3v) is 2.97. The Labute approximate surface area is 142 Å². The Kier molecular flexibility index (Phi) is 12.9. The molecule has 1 aromatic rings. The number of Topliss-reactive ketones (excluding diaryl/α,β-unsaturated/α-hetero) is 1. The van der Waals surface area contributed by atoms with Gasteiger partial charge in [-0.1, -0.05) is 30.3 Å². The van der Waals surface area contributed by atoms with Crippen LogP contribution in [0.5, 0.6) is 0 Å². The zero-order chi connectivity index (χ0) is 16.3. The molecule has 1 N–H and O–H groups in total. The van der Waals surface area contributed by atoms with E-state index < -0.39 is 5.97 Å². The van der Waals surface area contributed by atoms with Gasteiger partial charge in [0, 0.05) is 24.4 Å². The Morgan fingerprint density at radius 2 is 1.64 bits per heavy atom. The van der Waals surface area contributed by atoms with Gasteiger partial charge in [0.1, 0.15) is 6.54 Å². The molecule has 0 radical (unpaired) electrons. The number of hydrogen-bond donors (Lipinski definition) is 1. The number of halogens is 1. The average molecular weight is 375 g/mol. The molecule has 0 aliphatic heterocycles. The van der Waals surface area contributed by atoms with E-state index in [0.29, 0.717) is 6.42 Å². The number of likely N-dealkylation sites (N-methyl/N-ethyl adjacent to an activating group) is 1. The summed E-state index contributed by atoms with van der Waals surface area (Å²) in [6, 6.07) is 9.40. The largest absolute Gasteiger partial charge is 1.00 e. The van der Waals surface area contributed by atoms with Crippen LogP contribution in [0, 0.1) is 0 Å². The summed E-state index contributed by atoms with van der Waals surface area (Å²) in [5.41, 5.74) is 0.792. The highest BCUT2D eigenvalue weighted by molar-refractivity contribution is 5.95. The Morgan fingerprint density at radius 3 is 2.09 bits per heavy atom. The van der Waals surface area contributed by atoms with Crippen LogP contribution in [0.15, 0.2) is 30.3 Å². The topological polar surface area (TPSA) is 77.4 Å². The maximum Gasteiger partial charge on any atom is 0.163 e. The number of nitrogens with zero attached hydrogens (tertiary/aromatic N) is 1. The summed E-state index contributed by atoms with van der Waals surface area (Å²) in [5, 5.41) is 17.8. The summed E-state index contributed by atoms with van der Waals surface area (Å²) < 4.78 is 0.762. The van der Waals surface area contributed by atoms with Crippen LogP contribution in [0.1, 0.15) is 30.1 Å². The minimum Gasteiger partial charge on any atom is -1.00 e. The van der Waals surface area contributed by atoms with E-state index in [4.69, 9.17) is 15.0 Å². The Morgan fingerprint density at radius 1 is 1.14 bits per heavy atom. The lowest BCUT2D eigenvalue weighted by Crippen LogP contribution is -3.00. The van der Waals surface area contributed by atoms with Gasteiger partial charge in [0.15, 0.2) is 5.78 Å². The SMILES string of the molecule is CC(=O)[O-].C[N+](C)(CCO)CCCC(=O)c1ccccc1.[Br-]. The van der Waals surface area contributed by atoms with Gasteiger partial charge < -0.3 is 36.5 Å². The second kappa shape index (κ2) is 12.3. The van der Waals surface area contributed by atoms with Crippen LogP contribution < -0.4 is 22.1 Å². The van der Waals surface area contributed by atoms with E-state index in [1.165, 1.54) is 0 Å². The van der Waals surface area contributed by atoms with Crippen molar-refractivity contribution < 1.29 is 41.3 Å². The number of carboxylic acid groups (broad SMARTS) is 1. The molecule has 0 spiro atoms. The van der Waals surface area contributed by atoms with Crippen LogP contribution in [-0.4, -0.2) is 55.1 Å². The van der Waals surface area contributed by atoms with E-state index >= 15 is 0 Å². The van der Waals surface area contributed by atoms with Gasteiger partial charge in [-0.05, 0) is 6.92 Å². The van der Waals surface area contributed by atoms with Crippen LogP contribution in [0.2, 0.25) is 0 Å². The van der Waals surface area contributed by atoms with Crippen molar-refractivity contribution in [1.29, 1.82) is 0 Å². The predicted octanol–water partition coefficient (Wildman–Crippen LogP) is -2.52. The molecule has 126 valence electrons. The minimum atomic E-state index is -1.08. The first-order chi connectivity index (χ1) is 9.78. The van der Waals surface area contributed by atoms with Gasteiger partial charge in [0.05, 0.1) is 27.2 Å². The molecule has 1 aromatic carbocycles. The molecule has 0 heterocycles. The molecule has 0 saturated carbocycles. The van der Waals surface area contributed by atoms with Gasteiger partial charge in [0.2, 0.25) is 0 Å². The van der Waals surface area contributed by atoms with E-state index in [1.807, 2.05) is 30.3 Å². The fourth-order valence-corrected chi connectivity index (χ4v) is 1.82. The standard InChI is InChI=1S/C14H22NO2.C2H4O2.BrH/c1-15(2,11-12-16)10-6-9-14(17)13-7-4-3-5-8-13;1-2(3)4;/h3-5,7-8,16H,6,9-12H2,1-2H3;1H3,(H,3,4);1H/q+1;;/p-2. The monoisotopic (exact) mass is 374 g/mol. The molecule has 1 rings (SSSR count). The average Bonchev–Trinajstić information content (AvgIpc) is 2.38. The smallest absolute Gasteiger partial charge is 0.163 e. The summed E-state index contributed by atoms with van der Waals surface area (Å²) in [5.74, 6) is -0.880. The summed E-state index contributed by atoms with van der Waals surface area (Å²) >= 11 is 0. The van der Waals surface area contributed by atoms with Crippen molar-refractivity contribution in [3.05, 3.63) is 35.9 Å². The third kappa shape index (κ3) is 12.5. The number of benzene rings is 1. The molecule has 0 aliphatic rings. The van der Waals surface area contributed by atoms with Crippen LogP contribution in [0.4, 0.5) is 0 Å². The van der Waals surface area contributed by atoms with Crippen molar-refractivity contribution in [2.45, 2.75) is 19.8 Å². The predicted molar refractivity (Wildman–Crippen MR) is 79.6 cm³/mol. The van der Waals surface area contributed by atoms with Crippen molar-refractivity contribution in [1.82, 2.24) is 0 Å². The maximum absolute atomic E-state index is 11.8. The normalized spacial score (nSPS) is 10.0. The van der Waals surface area contributed by atoms with Gasteiger partial charge >= 0.3 is 0 Å². The van der Waals surface area contributed by atoms with Crippen molar-refractivity contribution >= 4 is 11.8 Å². The number of aliphatic hydroxyl groups is 1. The van der Waals surface area contributed by atoms with E-state index in [0.717, 1.165) is 36.5 Å². The lowest BCUT2D eigenvalue weighted by atomic mass is 10.1. The third-order valence-electron chi connectivity index (χ3n) is 2.97. The van der Waals surface area contributed by atoms with E-state index in [-0.39, 0.29) is 29.4 Å². The number of rotatable bonds is 7. The molecule has 0 amide bonds. The molecule has 0 atom stereocenters. The van der Waals surface area contributed by atoms with Crippen LogP contribution in [0.3, 0.4) is 0 Å². The molecule has 0 aliphatic carbocycles. The number of carbonyl (C=O) groups excluding carboxylic acids is 2. The molecule has 0 unspecified atom stereocenters. The van der Waals surface area contributed by atoms with Crippen molar-refractivity contribution in [3.8, 4) is 0 Å². The number of carbonyl (C=O) groups is 2. The molecule has 5 nitrogen and oxygen atoms in total. The number of aliphatic carboxylic acids is 1. The number of quaternary nitrogens is 1. The summed E-state index contributed by atoms with van der Waals surface area (Å²) in [6.07, 6.45) is 1.44. The van der Waals surface area contributed by atoms with Crippen LogP contribution >= 0.6 is 0 Å². The van der Waals surface area contributed by atoms with Gasteiger partial charge in [-0.25, -0.2) is 0 Å². The molecule has 6 heteroatoms. The van der Waals surface area contributed by atoms with E-state index in [9.17, 15) is 4.79 Å². The fourth-order valence-electron chi connectivity index (χ4n) is 1.82. The fraction of sp³-hybridized carbons (Fsp3) is 0.500. The zero-order valence-corrected chi connectivity index (χ0v) is 15.0. The minimum absolute atomic E-state index is 0. The summed E-state index contributed by atoms with van der Waals surface area (Å²) in [7, 11) is 4.15. The van der Waals surface area contributed by atoms with E-state index in [1.54, 1.807) is 0 Å². The molecule has 22 heavy (non-hydrogen) atoms. The zero-order valence-electron chi connectivity index (χ0n) is 13.4. The Hall–Kier alpha value is -1.24. The summed E-state index contributed by atoms with van der Waals surface area (Å²) in [6.45, 7) is 2.82. The maximum atomic E-state index is 11.8. The van der Waals surface area contributed by atoms with Crippen molar-refractivity contribution in [3.63, 3.8) is 0 Å². The highest BCUT2D eigenvalue weighted by atomic mass is 79.9. The second-order valence-corrected chi connectivity index (χ2v) is 5.49. The van der Waals surface area contributed by atoms with Crippen molar-refractivity contribution in [2.75, 3.05) is 33.8 Å². The first kappa shape index (κ1) is 23.0. The number of ketones is 1. The van der Waals surface area contributed by atoms with Gasteiger partial charge in [-0.3, -0.25) is 4.79 Å². The molecule has 0 fully saturated rings. The Balaban J connectivity index is 0. The Bertz CT molecular complexity index is 431. The molecular formula is C16H25BrNO4-. The van der Waals surface area contributed by atoms with Crippen LogP contribution in [0.25, 0.3) is 0 Å². The quantitative estimate of drug-likeness (QED) is 0.422. The van der Waals surface area contributed by atoms with Gasteiger partial charge in [0.25, 0.3) is 0 Å². The molecule has 0 bridgehead atoms.